The van der Waals surface area contributed by atoms with Crippen molar-refractivity contribution in [2.75, 3.05) is 18.1 Å². The van der Waals surface area contributed by atoms with Gasteiger partial charge in [-0.1, -0.05) is 0 Å². The minimum Gasteiger partial charge on any atom is -0.394 e. The van der Waals surface area contributed by atoms with Crippen molar-refractivity contribution in [1.82, 2.24) is 19.5 Å². The first kappa shape index (κ1) is 13.9. The molecule has 1 aliphatic rings. The number of nitrogens with zero attached hydrogens (tertiary/aromatic N) is 4. The standard InChI is InChI=1S/C11H15FN6O3/c1-11(12)6(20)4(2-19)21-9(11)18-3-15-5-7(13)16-10(14)17-8(5)18/h3-4,6,9,19-20H,2H2,1H3,(H4,13,14,16,17)/t4-,6?,9?,11-/m1/s1. The van der Waals surface area contributed by atoms with E-state index in [1.165, 1.54) is 17.8 Å². The molecule has 0 spiro atoms. The highest BCUT2D eigenvalue weighted by Gasteiger charge is 2.55. The zero-order valence-corrected chi connectivity index (χ0v) is 11.1. The number of aromatic nitrogens is 4. The summed E-state index contributed by atoms with van der Waals surface area (Å²) in [5, 5.41) is 19.0. The molecule has 1 aliphatic heterocycles. The molecule has 1 saturated heterocycles. The summed E-state index contributed by atoms with van der Waals surface area (Å²) in [5.41, 5.74) is 9.52. The molecule has 0 aliphatic carbocycles. The van der Waals surface area contributed by atoms with Crippen LogP contribution < -0.4 is 11.5 Å². The predicted molar refractivity (Wildman–Crippen MR) is 70.7 cm³/mol. The monoisotopic (exact) mass is 298 g/mol. The highest BCUT2D eigenvalue weighted by molar-refractivity contribution is 5.82. The van der Waals surface area contributed by atoms with E-state index in [9.17, 15) is 9.50 Å². The number of imidazole rings is 1. The van der Waals surface area contributed by atoms with Gasteiger partial charge in [0.25, 0.3) is 0 Å². The Balaban J connectivity index is 2.13. The Labute approximate surface area is 118 Å². The van der Waals surface area contributed by atoms with Crippen molar-refractivity contribution in [2.45, 2.75) is 31.0 Å². The number of hydrogen-bond acceptors (Lipinski definition) is 8. The lowest BCUT2D eigenvalue weighted by atomic mass is 9.98. The van der Waals surface area contributed by atoms with Gasteiger partial charge in [-0.25, -0.2) is 9.37 Å². The second-order valence-corrected chi connectivity index (χ2v) is 5.10. The summed E-state index contributed by atoms with van der Waals surface area (Å²) in [7, 11) is 0. The molecule has 1 fully saturated rings. The molecule has 3 rings (SSSR count). The van der Waals surface area contributed by atoms with Crippen LogP contribution in [-0.2, 0) is 4.74 Å². The minimum absolute atomic E-state index is 0.0639. The molecule has 0 amide bonds. The molecule has 3 heterocycles. The SMILES string of the molecule is C[C@@]1(F)C(O)[C@@H](CO)OC1n1cnc2c(N)nc(N)nc21. The van der Waals surface area contributed by atoms with Crippen LogP contribution in [-0.4, -0.2) is 54.2 Å². The van der Waals surface area contributed by atoms with E-state index in [0.29, 0.717) is 0 Å². The van der Waals surface area contributed by atoms with Crippen LogP contribution in [0.4, 0.5) is 16.2 Å². The van der Waals surface area contributed by atoms with Gasteiger partial charge in [-0.3, -0.25) is 4.57 Å². The van der Waals surface area contributed by atoms with Crippen molar-refractivity contribution in [3.8, 4) is 0 Å². The maximum absolute atomic E-state index is 14.8. The Morgan fingerprint density at radius 3 is 2.81 bits per heavy atom. The fourth-order valence-electron chi connectivity index (χ4n) is 2.49. The summed E-state index contributed by atoms with van der Waals surface area (Å²) >= 11 is 0. The topological polar surface area (TPSA) is 145 Å². The smallest absolute Gasteiger partial charge is 0.224 e. The molecule has 114 valence electrons. The summed E-state index contributed by atoms with van der Waals surface area (Å²) in [6.45, 7) is 0.667. The number of halogens is 1. The quantitative estimate of drug-likeness (QED) is 0.550. The molecule has 0 saturated carbocycles. The zero-order chi connectivity index (χ0) is 15.4. The predicted octanol–water partition coefficient (Wildman–Crippen LogP) is -1.03. The molecule has 2 unspecified atom stereocenters. The lowest BCUT2D eigenvalue weighted by Crippen LogP contribution is -2.40. The number of hydrogen-bond donors (Lipinski definition) is 4. The molecule has 10 heteroatoms. The van der Waals surface area contributed by atoms with E-state index in [1.54, 1.807) is 0 Å². The first-order valence-electron chi connectivity index (χ1n) is 6.25. The summed E-state index contributed by atoms with van der Waals surface area (Å²) in [6, 6.07) is 0. The van der Waals surface area contributed by atoms with Gasteiger partial charge in [0.1, 0.15) is 17.7 Å². The van der Waals surface area contributed by atoms with E-state index < -0.39 is 30.7 Å². The lowest BCUT2D eigenvalue weighted by Gasteiger charge is -2.24. The summed E-state index contributed by atoms with van der Waals surface area (Å²) in [4.78, 5) is 11.8. The van der Waals surface area contributed by atoms with Gasteiger partial charge >= 0.3 is 0 Å². The van der Waals surface area contributed by atoms with E-state index in [4.69, 9.17) is 21.3 Å². The zero-order valence-electron chi connectivity index (χ0n) is 11.1. The van der Waals surface area contributed by atoms with Crippen LogP contribution in [0, 0.1) is 0 Å². The van der Waals surface area contributed by atoms with Gasteiger partial charge in [-0.05, 0) is 6.92 Å². The number of rotatable bonds is 2. The number of ether oxygens (including phenoxy) is 1. The van der Waals surface area contributed by atoms with Gasteiger partial charge < -0.3 is 26.4 Å². The number of nitrogens with two attached hydrogens (primary N) is 2. The molecule has 2 aromatic rings. The van der Waals surface area contributed by atoms with Crippen LogP contribution in [0.25, 0.3) is 11.2 Å². The minimum atomic E-state index is -2.14. The molecule has 21 heavy (non-hydrogen) atoms. The third kappa shape index (κ3) is 1.91. The Morgan fingerprint density at radius 1 is 1.48 bits per heavy atom. The number of aliphatic hydroxyl groups is 2. The van der Waals surface area contributed by atoms with Crippen molar-refractivity contribution in [3.63, 3.8) is 0 Å². The number of fused-ring (bicyclic) bond motifs is 1. The average Bonchev–Trinajstić information content (AvgIpc) is 2.91. The highest BCUT2D eigenvalue weighted by Crippen LogP contribution is 2.42. The normalized spacial score (nSPS) is 32.9. The van der Waals surface area contributed by atoms with Gasteiger partial charge in [0.15, 0.2) is 23.4 Å². The van der Waals surface area contributed by atoms with E-state index in [2.05, 4.69) is 15.0 Å². The van der Waals surface area contributed by atoms with E-state index in [0.717, 1.165) is 0 Å². The van der Waals surface area contributed by atoms with Gasteiger partial charge in [-0.2, -0.15) is 9.97 Å². The third-order valence-corrected chi connectivity index (χ3v) is 3.62. The van der Waals surface area contributed by atoms with Gasteiger partial charge in [0, 0.05) is 0 Å². The molecule has 4 atom stereocenters. The average molecular weight is 298 g/mol. The first-order valence-corrected chi connectivity index (χ1v) is 6.25. The van der Waals surface area contributed by atoms with Crippen LogP contribution in [0.3, 0.4) is 0 Å². The summed E-state index contributed by atoms with van der Waals surface area (Å²) in [6.07, 6.45) is -2.46. The van der Waals surface area contributed by atoms with Gasteiger partial charge in [0.2, 0.25) is 5.95 Å². The molecule has 2 aromatic heterocycles. The summed E-state index contributed by atoms with van der Waals surface area (Å²) < 4.78 is 21.4. The largest absolute Gasteiger partial charge is 0.394 e. The number of aliphatic hydroxyl groups excluding tert-OH is 2. The number of alkyl halides is 1. The molecule has 0 radical (unpaired) electrons. The van der Waals surface area contributed by atoms with E-state index in [-0.39, 0.29) is 22.9 Å². The Hall–Kier alpha value is -2.04. The van der Waals surface area contributed by atoms with E-state index in [1.807, 2.05) is 0 Å². The van der Waals surface area contributed by atoms with Crippen molar-refractivity contribution in [3.05, 3.63) is 6.33 Å². The van der Waals surface area contributed by atoms with Crippen molar-refractivity contribution in [1.29, 1.82) is 0 Å². The number of nitrogen functional groups attached to an aromatic ring is 2. The molecular formula is C11H15FN6O3. The molecule has 0 aromatic carbocycles. The molecular weight excluding hydrogens is 283 g/mol. The Kier molecular flexibility index (Phi) is 2.97. The van der Waals surface area contributed by atoms with Crippen molar-refractivity contribution in [2.24, 2.45) is 0 Å². The first-order chi connectivity index (χ1) is 9.86. The second-order valence-electron chi connectivity index (χ2n) is 5.10. The summed E-state index contributed by atoms with van der Waals surface area (Å²) in [5.74, 6) is -0.0198. The fraction of sp³-hybridized carbons (Fsp3) is 0.545. The van der Waals surface area contributed by atoms with Gasteiger partial charge in [-0.15, -0.1) is 0 Å². The molecule has 0 bridgehead atoms. The molecule has 9 nitrogen and oxygen atoms in total. The van der Waals surface area contributed by atoms with Crippen LogP contribution in [0.5, 0.6) is 0 Å². The third-order valence-electron chi connectivity index (χ3n) is 3.62. The maximum atomic E-state index is 14.8. The van der Waals surface area contributed by atoms with Crippen LogP contribution >= 0.6 is 0 Å². The van der Waals surface area contributed by atoms with Gasteiger partial charge in [0.05, 0.1) is 12.9 Å². The Bertz CT molecular complexity index is 690. The van der Waals surface area contributed by atoms with Crippen LogP contribution in [0.15, 0.2) is 6.33 Å². The lowest BCUT2D eigenvalue weighted by molar-refractivity contribution is -0.0566. The van der Waals surface area contributed by atoms with Crippen LogP contribution in [0.1, 0.15) is 13.2 Å². The highest BCUT2D eigenvalue weighted by atomic mass is 19.1. The number of anilines is 2. The van der Waals surface area contributed by atoms with Crippen LogP contribution in [0.2, 0.25) is 0 Å². The maximum Gasteiger partial charge on any atom is 0.224 e. The Morgan fingerprint density at radius 2 is 2.19 bits per heavy atom. The van der Waals surface area contributed by atoms with Crippen molar-refractivity contribution < 1.29 is 19.3 Å². The second kappa shape index (κ2) is 4.48. The fourth-order valence-corrected chi connectivity index (χ4v) is 2.49. The van der Waals surface area contributed by atoms with Crippen molar-refractivity contribution >= 4 is 22.9 Å². The molecule has 6 N–H and O–H groups in total. The van der Waals surface area contributed by atoms with E-state index >= 15 is 0 Å².